The number of nitrogens with zero attached hydrogens (tertiary/aromatic N) is 4. The van der Waals surface area contributed by atoms with E-state index in [1.807, 2.05) is 0 Å². The predicted molar refractivity (Wildman–Crippen MR) is 228 cm³/mol. The van der Waals surface area contributed by atoms with Crippen LogP contribution in [0.2, 0.25) is 6.04 Å². The van der Waals surface area contributed by atoms with Gasteiger partial charge in [0.05, 0.1) is 86.5 Å². The van der Waals surface area contributed by atoms with Crippen molar-refractivity contribution < 1.29 is 62.8 Å². The summed E-state index contributed by atoms with van der Waals surface area (Å²) < 4.78 is 20.1. The summed E-state index contributed by atoms with van der Waals surface area (Å²) >= 11 is 0. The van der Waals surface area contributed by atoms with Crippen molar-refractivity contribution in [3.8, 4) is 0 Å². The number of aliphatic hydroxyl groups excluding tert-OH is 3. The molecule has 0 aromatic heterocycles. The largest absolute Gasteiger partial charge is 0.501 e. The normalized spacial score (nSPS) is 12.4. The second-order valence-corrected chi connectivity index (χ2v) is 18.9. The zero-order valence-corrected chi connectivity index (χ0v) is 37.7. The van der Waals surface area contributed by atoms with E-state index in [-0.39, 0.29) is 98.5 Å². The summed E-state index contributed by atoms with van der Waals surface area (Å²) in [4.78, 5) is 39.0. The molecule has 0 aliphatic rings. The van der Waals surface area contributed by atoms with E-state index in [2.05, 4.69) is 21.0 Å². The van der Waals surface area contributed by atoms with Crippen LogP contribution in [0.3, 0.4) is 0 Å². The Morgan fingerprint density at radius 1 is 0.466 bits per heavy atom. The van der Waals surface area contributed by atoms with Gasteiger partial charge in [-0.05, 0) is 12.8 Å². The van der Waals surface area contributed by atoms with Crippen molar-refractivity contribution in [1.82, 2.24) is 14.7 Å². The molecule has 344 valence electrons. The van der Waals surface area contributed by atoms with Crippen LogP contribution in [0.4, 0.5) is 0 Å². The highest BCUT2D eigenvalue weighted by atomic mass is 28.4. The molecule has 58 heavy (non-hydrogen) atoms. The molecule has 0 atom stereocenters. The predicted octanol–water partition coefficient (Wildman–Crippen LogP) is 3.84. The second-order valence-electron chi connectivity index (χ2n) is 16.2. The third-order valence-corrected chi connectivity index (χ3v) is 13.3. The summed E-state index contributed by atoms with van der Waals surface area (Å²) in [6.07, 6.45) is 21.8. The van der Waals surface area contributed by atoms with Gasteiger partial charge in [0.25, 0.3) is 0 Å². The maximum Gasteiger partial charge on any atom is 0.501 e. The Bertz CT molecular complexity index is 937. The molecule has 0 fully saturated rings. The first kappa shape index (κ1) is 56.2. The molecule has 0 aliphatic carbocycles. The lowest BCUT2D eigenvalue weighted by Crippen LogP contribution is -2.51. The Labute approximate surface area is 351 Å². The standard InChI is InChI=1S/C41H84N4O12Si/c1-4-5-6-7-8-9-10-11-12-13-14-15-16-17-18-19-27-45(2,3)28-20-35-58(55-32-24-42(21-29-46)36-39(49)50,56-33-25-43(22-30-47)37-40(51)52)57-34-26-44(23-31-48)38-41(53)54/h46-48H,4-38H2,1-3H3,(H2-,49,50,51,52,53,54)/p+1. The van der Waals surface area contributed by atoms with Gasteiger partial charge in [0.1, 0.15) is 0 Å². The van der Waals surface area contributed by atoms with Gasteiger partial charge in [-0.15, -0.1) is 0 Å². The molecule has 0 aromatic carbocycles. The van der Waals surface area contributed by atoms with Gasteiger partial charge < -0.3 is 48.4 Å². The van der Waals surface area contributed by atoms with Crippen LogP contribution >= 0.6 is 0 Å². The van der Waals surface area contributed by atoms with Crippen molar-refractivity contribution in [3.63, 3.8) is 0 Å². The Hall–Kier alpha value is -1.77. The van der Waals surface area contributed by atoms with E-state index in [1.165, 1.54) is 96.3 Å². The summed E-state index contributed by atoms with van der Waals surface area (Å²) in [5.41, 5.74) is 0. The fourth-order valence-corrected chi connectivity index (χ4v) is 9.54. The molecule has 0 saturated heterocycles. The van der Waals surface area contributed by atoms with Crippen molar-refractivity contribution in [2.24, 2.45) is 0 Å². The molecule has 0 radical (unpaired) electrons. The third-order valence-electron chi connectivity index (χ3n) is 10.4. The Morgan fingerprint density at radius 2 is 0.759 bits per heavy atom. The highest BCUT2D eigenvalue weighted by Crippen LogP contribution is 2.21. The monoisotopic (exact) mass is 854 g/mol. The van der Waals surface area contributed by atoms with Crippen LogP contribution in [0.5, 0.6) is 0 Å². The van der Waals surface area contributed by atoms with Crippen LogP contribution in [0.1, 0.15) is 116 Å². The number of unbranched alkanes of at least 4 members (excludes halogenated alkanes) is 15. The number of aliphatic hydroxyl groups is 3. The average molecular weight is 854 g/mol. The number of carbonyl (C=O) groups is 3. The van der Waals surface area contributed by atoms with Gasteiger partial charge in [-0.2, -0.15) is 0 Å². The summed E-state index contributed by atoms with van der Waals surface area (Å²) in [5.74, 6) is -3.13. The van der Waals surface area contributed by atoms with Crippen LogP contribution in [0.25, 0.3) is 0 Å². The minimum absolute atomic E-state index is 0.0436. The van der Waals surface area contributed by atoms with Crippen LogP contribution in [0.15, 0.2) is 0 Å². The van der Waals surface area contributed by atoms with Crippen molar-refractivity contribution in [1.29, 1.82) is 0 Å². The van der Waals surface area contributed by atoms with E-state index in [4.69, 9.17) is 13.3 Å². The molecular weight excluding hydrogens is 769 g/mol. The average Bonchev–Trinajstić information content (AvgIpc) is 3.14. The van der Waals surface area contributed by atoms with Gasteiger partial charge >= 0.3 is 26.7 Å². The van der Waals surface area contributed by atoms with E-state index < -0.39 is 26.7 Å². The molecule has 16 nitrogen and oxygen atoms in total. The van der Waals surface area contributed by atoms with E-state index in [0.29, 0.717) is 12.5 Å². The van der Waals surface area contributed by atoms with E-state index in [1.54, 1.807) is 14.7 Å². The summed E-state index contributed by atoms with van der Waals surface area (Å²) in [6, 6.07) is 0.407. The van der Waals surface area contributed by atoms with Crippen LogP contribution in [-0.4, -0.2) is 202 Å². The fourth-order valence-electron chi connectivity index (χ4n) is 7.06. The first-order chi connectivity index (χ1) is 27.8. The minimum Gasteiger partial charge on any atom is -0.480 e. The minimum atomic E-state index is -3.58. The smallest absolute Gasteiger partial charge is 0.480 e. The molecule has 17 heteroatoms. The number of carboxylic acids is 3. The van der Waals surface area contributed by atoms with E-state index in [9.17, 15) is 45.0 Å². The van der Waals surface area contributed by atoms with Gasteiger partial charge in [0.2, 0.25) is 0 Å². The van der Waals surface area contributed by atoms with Crippen molar-refractivity contribution >= 4 is 26.7 Å². The SMILES string of the molecule is CCCCCCCCCCCCCCCCCC[N+](C)(C)CCC[Si](OCCN(CCO)CC(=O)O)(OCCN(CCO)CC(=O)O)OCCN(CCO)CC(=O)O. The maximum absolute atomic E-state index is 11.4. The van der Waals surface area contributed by atoms with Gasteiger partial charge in [0.15, 0.2) is 0 Å². The zero-order chi connectivity index (χ0) is 43.3. The van der Waals surface area contributed by atoms with Crippen molar-refractivity contribution in [3.05, 3.63) is 0 Å². The molecule has 0 aliphatic heterocycles. The van der Waals surface area contributed by atoms with Gasteiger partial charge in [-0.1, -0.05) is 96.8 Å². The molecule has 0 unspecified atom stereocenters. The molecule has 6 N–H and O–H groups in total. The molecule has 0 aromatic rings. The van der Waals surface area contributed by atoms with E-state index >= 15 is 0 Å². The second kappa shape index (κ2) is 37.0. The van der Waals surface area contributed by atoms with Crippen LogP contribution < -0.4 is 0 Å². The summed E-state index contributed by atoms with van der Waals surface area (Å²) in [6.45, 7) is 3.59. The third kappa shape index (κ3) is 34.0. The molecule has 0 rings (SSSR count). The van der Waals surface area contributed by atoms with Crippen molar-refractivity contribution in [2.45, 2.75) is 122 Å². The maximum atomic E-state index is 11.4. The number of hydrogen-bond acceptors (Lipinski definition) is 12. The number of rotatable bonds is 45. The van der Waals surface area contributed by atoms with Gasteiger partial charge in [-0.3, -0.25) is 29.1 Å². The lowest BCUT2D eigenvalue weighted by Gasteiger charge is -2.34. The van der Waals surface area contributed by atoms with Crippen molar-refractivity contribution in [2.75, 3.05) is 126 Å². The summed E-state index contributed by atoms with van der Waals surface area (Å²) in [5, 5.41) is 56.6. The van der Waals surface area contributed by atoms with Crippen LogP contribution in [-0.2, 0) is 27.7 Å². The first-order valence-corrected chi connectivity index (χ1v) is 24.1. The Balaban J connectivity index is 5.39. The lowest BCUT2D eigenvalue weighted by molar-refractivity contribution is -0.890. The molecule has 0 bridgehead atoms. The number of aliphatic carboxylic acids is 3. The Morgan fingerprint density at radius 3 is 1.05 bits per heavy atom. The molecular formula is C41H85N4O12Si+. The Kier molecular flexibility index (Phi) is 35.9. The number of hydrogen-bond donors (Lipinski definition) is 6. The topological polar surface area (TPSA) is 210 Å². The fraction of sp³-hybridized carbons (Fsp3) is 0.927. The zero-order valence-electron chi connectivity index (χ0n) is 36.7. The van der Waals surface area contributed by atoms with Gasteiger partial charge in [0, 0.05) is 51.7 Å². The highest BCUT2D eigenvalue weighted by Gasteiger charge is 2.42. The first-order valence-electron chi connectivity index (χ1n) is 22.2. The molecule has 0 spiro atoms. The molecule has 0 heterocycles. The lowest BCUT2D eigenvalue weighted by atomic mass is 10.0. The van der Waals surface area contributed by atoms with Gasteiger partial charge in [-0.25, -0.2) is 0 Å². The number of quaternary nitrogens is 1. The van der Waals surface area contributed by atoms with Crippen LogP contribution in [0, 0.1) is 0 Å². The highest BCUT2D eigenvalue weighted by molar-refractivity contribution is 6.60. The molecule has 0 saturated carbocycles. The van der Waals surface area contributed by atoms with E-state index in [0.717, 1.165) is 24.0 Å². The summed E-state index contributed by atoms with van der Waals surface area (Å²) in [7, 11) is 0.822. The number of carboxylic acid groups (broad SMARTS) is 3. The molecule has 0 amide bonds. The quantitative estimate of drug-likeness (QED) is 0.0292.